The number of fused-ring (bicyclic) bond motifs is 1. The van der Waals surface area contributed by atoms with E-state index >= 15 is 0 Å². The molecule has 6 heteroatoms. The van der Waals surface area contributed by atoms with E-state index < -0.39 is 23.3 Å². The molecule has 4 rings (SSSR count). The fourth-order valence-electron chi connectivity index (χ4n) is 3.27. The van der Waals surface area contributed by atoms with E-state index in [0.29, 0.717) is 23.2 Å². The summed E-state index contributed by atoms with van der Waals surface area (Å²) in [7, 11) is 1.56. The number of anilines is 1. The maximum absolute atomic E-state index is 13.5. The third-order valence-electron chi connectivity index (χ3n) is 4.88. The highest BCUT2D eigenvalue weighted by molar-refractivity contribution is 6.36. The standard InChI is InChI=1S/C25H16F2N2O2/c1-29-23-10-8-16(4-2-5-17-6-3-11-28-15-17)12-19(23)24(30)20(25(29)31)13-18-7-9-21(26)22(27)14-18/h3,6-15H,5H2,1H3/b20-13+. The quantitative estimate of drug-likeness (QED) is 0.359. The van der Waals surface area contributed by atoms with Gasteiger partial charge < -0.3 is 4.90 Å². The summed E-state index contributed by atoms with van der Waals surface area (Å²) in [5.41, 5.74) is 2.50. The molecular formula is C25H16F2N2O2. The number of halogens is 2. The van der Waals surface area contributed by atoms with Crippen molar-refractivity contribution < 1.29 is 18.4 Å². The van der Waals surface area contributed by atoms with Gasteiger partial charge in [0.25, 0.3) is 5.91 Å². The van der Waals surface area contributed by atoms with Gasteiger partial charge in [-0.2, -0.15) is 0 Å². The molecule has 0 atom stereocenters. The van der Waals surface area contributed by atoms with Gasteiger partial charge in [-0.15, -0.1) is 0 Å². The molecule has 0 aliphatic carbocycles. The van der Waals surface area contributed by atoms with Gasteiger partial charge in [-0.05, 0) is 53.6 Å². The molecule has 0 radical (unpaired) electrons. The minimum absolute atomic E-state index is 0.124. The molecule has 1 aliphatic heterocycles. The molecule has 152 valence electrons. The molecule has 0 unspecified atom stereocenters. The predicted octanol–water partition coefficient (Wildman–Crippen LogP) is 4.20. The summed E-state index contributed by atoms with van der Waals surface area (Å²) in [5, 5.41) is 0. The van der Waals surface area contributed by atoms with E-state index in [2.05, 4.69) is 16.8 Å². The number of hydrogen-bond acceptors (Lipinski definition) is 3. The van der Waals surface area contributed by atoms with Crippen LogP contribution in [0.4, 0.5) is 14.5 Å². The Kier molecular flexibility index (Phi) is 5.42. The van der Waals surface area contributed by atoms with Gasteiger partial charge in [-0.25, -0.2) is 8.78 Å². The number of carbonyl (C=O) groups is 2. The molecule has 2 heterocycles. The Labute approximate surface area is 177 Å². The van der Waals surface area contributed by atoms with Crippen LogP contribution < -0.4 is 4.90 Å². The zero-order valence-corrected chi connectivity index (χ0v) is 16.5. The van der Waals surface area contributed by atoms with Crippen molar-refractivity contribution in [2.75, 3.05) is 11.9 Å². The van der Waals surface area contributed by atoms with Crippen molar-refractivity contribution >= 4 is 23.5 Å². The van der Waals surface area contributed by atoms with Crippen LogP contribution in [0.2, 0.25) is 0 Å². The largest absolute Gasteiger partial charge is 0.311 e. The molecule has 1 aromatic heterocycles. The Morgan fingerprint density at radius 3 is 2.65 bits per heavy atom. The van der Waals surface area contributed by atoms with Crippen LogP contribution in [0, 0.1) is 23.5 Å². The van der Waals surface area contributed by atoms with Gasteiger partial charge in [0.2, 0.25) is 5.78 Å². The second kappa shape index (κ2) is 8.33. The molecule has 4 nitrogen and oxygen atoms in total. The summed E-state index contributed by atoms with van der Waals surface area (Å²) in [5.74, 6) is 3.02. The smallest absolute Gasteiger partial charge is 0.262 e. The van der Waals surface area contributed by atoms with Crippen LogP contribution >= 0.6 is 0 Å². The van der Waals surface area contributed by atoms with E-state index in [-0.39, 0.29) is 11.1 Å². The normalized spacial score (nSPS) is 14.3. The summed E-state index contributed by atoms with van der Waals surface area (Å²) < 4.78 is 26.7. The van der Waals surface area contributed by atoms with Gasteiger partial charge in [0.05, 0.1) is 11.3 Å². The fraction of sp³-hybridized carbons (Fsp3) is 0.0800. The lowest BCUT2D eigenvalue weighted by Gasteiger charge is -2.26. The van der Waals surface area contributed by atoms with Gasteiger partial charge in [0, 0.05) is 37.0 Å². The lowest BCUT2D eigenvalue weighted by atomic mass is 9.92. The van der Waals surface area contributed by atoms with Crippen molar-refractivity contribution in [1.82, 2.24) is 4.98 Å². The van der Waals surface area contributed by atoms with Gasteiger partial charge in [0.1, 0.15) is 0 Å². The minimum Gasteiger partial charge on any atom is -0.311 e. The molecule has 1 aliphatic rings. The van der Waals surface area contributed by atoms with Crippen LogP contribution in [0.25, 0.3) is 6.08 Å². The van der Waals surface area contributed by atoms with Gasteiger partial charge in [0.15, 0.2) is 11.6 Å². The average molecular weight is 414 g/mol. The second-order valence-electron chi connectivity index (χ2n) is 7.00. The number of pyridine rings is 1. The summed E-state index contributed by atoms with van der Waals surface area (Å²) in [6.45, 7) is 0. The van der Waals surface area contributed by atoms with Crippen molar-refractivity contribution in [3.63, 3.8) is 0 Å². The van der Waals surface area contributed by atoms with Crippen molar-refractivity contribution in [3.05, 3.63) is 100 Å². The van der Waals surface area contributed by atoms with Gasteiger partial charge >= 0.3 is 0 Å². The SMILES string of the molecule is CN1C(=O)/C(=C/c2ccc(F)c(F)c2)C(=O)c2cc(C#CCc3cccnc3)ccc21. The van der Waals surface area contributed by atoms with Crippen molar-refractivity contribution in [1.29, 1.82) is 0 Å². The topological polar surface area (TPSA) is 50.3 Å². The fourth-order valence-corrected chi connectivity index (χ4v) is 3.27. The first-order valence-electron chi connectivity index (χ1n) is 9.45. The van der Waals surface area contributed by atoms with E-state index in [9.17, 15) is 18.4 Å². The minimum atomic E-state index is -1.05. The molecule has 31 heavy (non-hydrogen) atoms. The number of rotatable bonds is 2. The highest BCUT2D eigenvalue weighted by Crippen LogP contribution is 2.31. The van der Waals surface area contributed by atoms with E-state index in [4.69, 9.17) is 0 Å². The first-order chi connectivity index (χ1) is 14.9. The molecule has 2 aromatic carbocycles. The lowest BCUT2D eigenvalue weighted by molar-refractivity contribution is -0.114. The van der Waals surface area contributed by atoms with E-state index in [1.807, 2.05) is 12.1 Å². The summed E-state index contributed by atoms with van der Waals surface area (Å²) in [6, 6.07) is 12.0. The van der Waals surface area contributed by atoms with Crippen LogP contribution in [0.15, 0.2) is 66.5 Å². The molecule has 0 spiro atoms. The first-order valence-corrected chi connectivity index (χ1v) is 9.45. The van der Waals surface area contributed by atoms with Crippen LogP contribution in [0.3, 0.4) is 0 Å². The summed E-state index contributed by atoms with van der Waals surface area (Å²) >= 11 is 0. The van der Waals surface area contributed by atoms with Crippen molar-refractivity contribution in [2.45, 2.75) is 6.42 Å². The van der Waals surface area contributed by atoms with E-state index in [1.54, 1.807) is 37.6 Å². The Morgan fingerprint density at radius 2 is 1.90 bits per heavy atom. The number of hydrogen-bond donors (Lipinski definition) is 0. The highest BCUT2D eigenvalue weighted by atomic mass is 19.2. The maximum Gasteiger partial charge on any atom is 0.262 e. The predicted molar refractivity (Wildman–Crippen MR) is 113 cm³/mol. The Bertz CT molecular complexity index is 1290. The Morgan fingerprint density at radius 1 is 1.06 bits per heavy atom. The third-order valence-corrected chi connectivity index (χ3v) is 4.88. The number of benzene rings is 2. The molecule has 3 aromatic rings. The number of amides is 1. The molecule has 0 N–H and O–H groups in total. The van der Waals surface area contributed by atoms with Gasteiger partial charge in [-0.3, -0.25) is 14.6 Å². The number of aromatic nitrogens is 1. The van der Waals surface area contributed by atoms with Crippen LogP contribution in [0.5, 0.6) is 0 Å². The zero-order valence-electron chi connectivity index (χ0n) is 16.5. The number of likely N-dealkylation sites (N-methyl/N-ethyl adjacent to an activating group) is 1. The number of carbonyl (C=O) groups excluding carboxylic acids is 2. The van der Waals surface area contributed by atoms with E-state index in [1.165, 1.54) is 17.0 Å². The van der Waals surface area contributed by atoms with Gasteiger partial charge in [-0.1, -0.05) is 24.0 Å². The summed E-state index contributed by atoms with van der Waals surface area (Å²) in [4.78, 5) is 31.1. The number of Topliss-reactive ketones (excluding diaryl/α,β-unsaturated/α-hetero) is 1. The van der Waals surface area contributed by atoms with Crippen LogP contribution in [-0.4, -0.2) is 23.7 Å². The lowest BCUT2D eigenvalue weighted by Crippen LogP contribution is -2.36. The Hall–Kier alpha value is -4.11. The van der Waals surface area contributed by atoms with Crippen LogP contribution in [-0.2, 0) is 11.2 Å². The number of nitrogens with zero attached hydrogens (tertiary/aromatic N) is 2. The third kappa shape index (κ3) is 4.12. The Balaban J connectivity index is 1.67. The van der Waals surface area contributed by atoms with Crippen molar-refractivity contribution in [3.8, 4) is 11.8 Å². The zero-order chi connectivity index (χ0) is 22.0. The van der Waals surface area contributed by atoms with E-state index in [0.717, 1.165) is 17.7 Å². The molecule has 0 fully saturated rings. The molecular weight excluding hydrogens is 398 g/mol. The average Bonchev–Trinajstić information content (AvgIpc) is 2.78. The monoisotopic (exact) mass is 414 g/mol. The molecule has 0 bridgehead atoms. The second-order valence-corrected chi connectivity index (χ2v) is 7.00. The highest BCUT2D eigenvalue weighted by Gasteiger charge is 2.32. The first kappa shape index (κ1) is 20.2. The van der Waals surface area contributed by atoms with Crippen LogP contribution in [0.1, 0.15) is 27.0 Å². The van der Waals surface area contributed by atoms with Crippen molar-refractivity contribution in [2.24, 2.45) is 0 Å². The molecule has 0 saturated heterocycles. The number of ketones is 1. The maximum atomic E-state index is 13.5. The summed E-state index contributed by atoms with van der Waals surface area (Å²) in [6.07, 6.45) is 5.21. The molecule has 1 amide bonds. The molecule has 0 saturated carbocycles.